The lowest BCUT2D eigenvalue weighted by atomic mass is 9.96. The number of hydrogen-bond acceptors (Lipinski definition) is 4. The van der Waals surface area contributed by atoms with Gasteiger partial charge in [0.25, 0.3) is 0 Å². The molecule has 138 valence electrons. The number of aromatic nitrogens is 1. The molecule has 6 nitrogen and oxygen atoms in total. The summed E-state index contributed by atoms with van der Waals surface area (Å²) < 4.78 is 24.4. The van der Waals surface area contributed by atoms with Crippen LogP contribution >= 0.6 is 0 Å². The Morgan fingerprint density at radius 3 is 2.85 bits per heavy atom. The van der Waals surface area contributed by atoms with Crippen LogP contribution in [0.25, 0.3) is 11.5 Å². The molecule has 3 unspecified atom stereocenters. The van der Waals surface area contributed by atoms with Crippen molar-refractivity contribution >= 4 is 5.96 Å². The molecule has 0 aliphatic carbocycles. The predicted molar refractivity (Wildman–Crippen MR) is 96.4 cm³/mol. The van der Waals surface area contributed by atoms with Crippen LogP contribution in [-0.2, 0) is 11.2 Å². The van der Waals surface area contributed by atoms with Gasteiger partial charge in [-0.2, -0.15) is 0 Å². The van der Waals surface area contributed by atoms with Crippen LogP contribution in [0.15, 0.2) is 39.9 Å². The Labute approximate surface area is 151 Å². The van der Waals surface area contributed by atoms with Crippen LogP contribution in [0.2, 0.25) is 0 Å². The molecule has 3 heterocycles. The lowest BCUT2D eigenvalue weighted by Gasteiger charge is -2.22. The number of rotatable bonds is 5. The number of nitrogens with zero attached hydrogens (tertiary/aromatic N) is 2. The van der Waals surface area contributed by atoms with E-state index in [-0.39, 0.29) is 5.82 Å². The second-order valence-electron chi connectivity index (χ2n) is 6.76. The van der Waals surface area contributed by atoms with Gasteiger partial charge in [0, 0.05) is 25.6 Å². The normalized spacial score (nSPS) is 24.8. The van der Waals surface area contributed by atoms with Crippen molar-refractivity contribution in [3.63, 3.8) is 0 Å². The van der Waals surface area contributed by atoms with Crippen LogP contribution in [0.3, 0.4) is 0 Å². The first-order chi connectivity index (χ1) is 12.7. The van der Waals surface area contributed by atoms with Gasteiger partial charge in [0.05, 0.1) is 23.9 Å². The highest BCUT2D eigenvalue weighted by atomic mass is 19.1. The summed E-state index contributed by atoms with van der Waals surface area (Å²) >= 11 is 0. The fourth-order valence-corrected chi connectivity index (χ4v) is 3.62. The van der Waals surface area contributed by atoms with E-state index in [1.165, 1.54) is 18.6 Å². The standard InChI is InChI=1S/C19H23FN4O2/c1-21-19(24-16-10-15-6-7-17(16)26-15)22-9-8-14-11-25-18(23-14)12-2-4-13(20)5-3-12/h2-5,11,15-17H,6-10H2,1H3,(H2,21,22,24). The second-order valence-corrected chi connectivity index (χ2v) is 6.76. The summed E-state index contributed by atoms with van der Waals surface area (Å²) in [6.45, 7) is 0.691. The summed E-state index contributed by atoms with van der Waals surface area (Å²) in [4.78, 5) is 8.74. The molecule has 0 saturated carbocycles. The minimum absolute atomic E-state index is 0.274. The monoisotopic (exact) mass is 358 g/mol. The fraction of sp³-hybridized carbons (Fsp3) is 0.474. The Morgan fingerprint density at radius 1 is 1.31 bits per heavy atom. The zero-order valence-corrected chi connectivity index (χ0v) is 14.7. The summed E-state index contributed by atoms with van der Waals surface area (Å²) in [5, 5.41) is 6.77. The molecule has 7 heteroatoms. The SMILES string of the molecule is CN=C(NCCc1coc(-c2ccc(F)cc2)n1)NC1CC2CCC1O2. The Morgan fingerprint density at radius 2 is 2.15 bits per heavy atom. The van der Waals surface area contributed by atoms with Crippen molar-refractivity contribution in [1.29, 1.82) is 0 Å². The largest absolute Gasteiger partial charge is 0.444 e. The maximum atomic E-state index is 13.0. The lowest BCUT2D eigenvalue weighted by Crippen LogP contribution is -2.47. The van der Waals surface area contributed by atoms with Crippen molar-refractivity contribution in [3.05, 3.63) is 42.0 Å². The first kappa shape index (κ1) is 17.0. The highest BCUT2D eigenvalue weighted by Crippen LogP contribution is 2.34. The van der Waals surface area contributed by atoms with Gasteiger partial charge in [0.15, 0.2) is 5.96 Å². The molecule has 2 N–H and O–H groups in total. The maximum Gasteiger partial charge on any atom is 0.226 e. The molecule has 0 amide bonds. The number of halogens is 1. The maximum absolute atomic E-state index is 13.0. The third kappa shape index (κ3) is 3.72. The van der Waals surface area contributed by atoms with Crippen LogP contribution < -0.4 is 10.6 Å². The highest BCUT2D eigenvalue weighted by Gasteiger charge is 2.41. The van der Waals surface area contributed by atoms with Gasteiger partial charge in [-0.05, 0) is 43.5 Å². The second kappa shape index (κ2) is 7.45. The van der Waals surface area contributed by atoms with Gasteiger partial charge in [-0.1, -0.05) is 0 Å². The van der Waals surface area contributed by atoms with E-state index in [1.54, 1.807) is 25.4 Å². The third-order valence-corrected chi connectivity index (χ3v) is 4.97. The van der Waals surface area contributed by atoms with Gasteiger partial charge in [-0.15, -0.1) is 0 Å². The van der Waals surface area contributed by atoms with E-state index in [0.717, 1.165) is 30.1 Å². The fourth-order valence-electron chi connectivity index (χ4n) is 3.62. The average molecular weight is 358 g/mol. The summed E-state index contributed by atoms with van der Waals surface area (Å²) in [5.41, 5.74) is 1.61. The van der Waals surface area contributed by atoms with Crippen LogP contribution in [-0.4, -0.2) is 42.8 Å². The molecule has 2 aromatic rings. The molecule has 0 radical (unpaired) electrons. The molecular formula is C19H23FN4O2. The van der Waals surface area contributed by atoms with E-state index < -0.39 is 0 Å². The predicted octanol–water partition coefficient (Wildman–Crippen LogP) is 2.51. The van der Waals surface area contributed by atoms with Gasteiger partial charge in [0.2, 0.25) is 5.89 Å². The van der Waals surface area contributed by atoms with E-state index in [1.807, 2.05) is 0 Å². The molecule has 2 fully saturated rings. The summed E-state index contributed by atoms with van der Waals surface area (Å²) in [5.74, 6) is 1.01. The zero-order valence-electron chi connectivity index (χ0n) is 14.7. The lowest BCUT2D eigenvalue weighted by molar-refractivity contribution is 0.0992. The third-order valence-electron chi connectivity index (χ3n) is 4.97. The van der Waals surface area contributed by atoms with Gasteiger partial charge in [-0.3, -0.25) is 4.99 Å². The number of nitrogens with one attached hydrogen (secondary N) is 2. The zero-order chi connectivity index (χ0) is 17.9. The first-order valence-corrected chi connectivity index (χ1v) is 9.04. The summed E-state index contributed by atoms with van der Waals surface area (Å²) in [6, 6.07) is 6.46. The average Bonchev–Trinajstić information content (AvgIpc) is 3.38. The molecule has 0 spiro atoms. The number of ether oxygens (including phenoxy) is 1. The number of hydrogen-bond donors (Lipinski definition) is 2. The van der Waals surface area contributed by atoms with Crippen molar-refractivity contribution in [2.45, 2.75) is 43.9 Å². The summed E-state index contributed by atoms with van der Waals surface area (Å²) in [7, 11) is 1.77. The van der Waals surface area contributed by atoms with Crippen molar-refractivity contribution in [3.8, 4) is 11.5 Å². The Kier molecular flexibility index (Phi) is 4.88. The van der Waals surface area contributed by atoms with E-state index in [9.17, 15) is 4.39 Å². The van der Waals surface area contributed by atoms with E-state index in [2.05, 4.69) is 20.6 Å². The summed E-state index contributed by atoms with van der Waals surface area (Å²) in [6.07, 6.45) is 6.43. The molecular weight excluding hydrogens is 335 g/mol. The molecule has 2 aliphatic rings. The number of oxazole rings is 1. The quantitative estimate of drug-likeness (QED) is 0.635. The topological polar surface area (TPSA) is 71.7 Å². The minimum atomic E-state index is -0.274. The van der Waals surface area contributed by atoms with Gasteiger partial charge in [0.1, 0.15) is 12.1 Å². The number of guanidine groups is 1. The smallest absolute Gasteiger partial charge is 0.226 e. The van der Waals surface area contributed by atoms with Gasteiger partial charge < -0.3 is 19.8 Å². The van der Waals surface area contributed by atoms with Crippen molar-refractivity contribution in [1.82, 2.24) is 15.6 Å². The molecule has 4 rings (SSSR count). The number of aliphatic imine (C=N–C) groups is 1. The van der Waals surface area contributed by atoms with Gasteiger partial charge in [-0.25, -0.2) is 9.37 Å². The van der Waals surface area contributed by atoms with Crippen molar-refractivity contribution < 1.29 is 13.5 Å². The van der Waals surface area contributed by atoms with Crippen LogP contribution in [0.5, 0.6) is 0 Å². The van der Waals surface area contributed by atoms with Crippen LogP contribution in [0.1, 0.15) is 25.0 Å². The van der Waals surface area contributed by atoms with Crippen molar-refractivity contribution in [2.24, 2.45) is 4.99 Å². The highest BCUT2D eigenvalue weighted by molar-refractivity contribution is 5.80. The van der Waals surface area contributed by atoms with E-state index in [0.29, 0.717) is 37.1 Å². The van der Waals surface area contributed by atoms with Crippen molar-refractivity contribution in [2.75, 3.05) is 13.6 Å². The number of fused-ring (bicyclic) bond motifs is 2. The minimum Gasteiger partial charge on any atom is -0.444 e. The molecule has 1 aromatic carbocycles. The Hall–Kier alpha value is -2.41. The molecule has 1 aromatic heterocycles. The Balaban J connectivity index is 1.27. The molecule has 2 saturated heterocycles. The number of benzene rings is 1. The molecule has 2 bridgehead atoms. The van der Waals surface area contributed by atoms with Crippen LogP contribution in [0, 0.1) is 5.82 Å². The molecule has 3 atom stereocenters. The van der Waals surface area contributed by atoms with E-state index in [4.69, 9.17) is 9.15 Å². The first-order valence-electron chi connectivity index (χ1n) is 9.04. The van der Waals surface area contributed by atoms with Crippen LogP contribution in [0.4, 0.5) is 4.39 Å². The van der Waals surface area contributed by atoms with Gasteiger partial charge >= 0.3 is 0 Å². The van der Waals surface area contributed by atoms with E-state index >= 15 is 0 Å². The molecule has 26 heavy (non-hydrogen) atoms. The molecule has 2 aliphatic heterocycles. The Bertz CT molecular complexity index is 774.